The zero-order valence-corrected chi connectivity index (χ0v) is 12.8. The maximum absolute atomic E-state index is 13.2. The monoisotopic (exact) mass is 350 g/mol. The maximum Gasteiger partial charge on any atom is 0.244 e. The lowest BCUT2D eigenvalue weighted by Gasteiger charge is -2.27. The van der Waals surface area contributed by atoms with E-state index in [0.717, 1.165) is 37.9 Å². The summed E-state index contributed by atoms with van der Waals surface area (Å²) in [7, 11) is -3.67. The van der Waals surface area contributed by atoms with Crippen molar-refractivity contribution in [2.75, 3.05) is 11.9 Å². The highest BCUT2D eigenvalue weighted by Crippen LogP contribution is 2.28. The molecule has 0 aromatic carbocycles. The fraction of sp³-hybridized carbons (Fsp3) is 0.583. The Balaban J connectivity index is 2.33. The number of sulfonamides is 1. The van der Waals surface area contributed by atoms with Gasteiger partial charge in [0.25, 0.3) is 0 Å². The van der Waals surface area contributed by atoms with Crippen LogP contribution in [0.5, 0.6) is 0 Å². The predicted octanol–water partition coefficient (Wildman–Crippen LogP) is 2.55. The Morgan fingerprint density at radius 3 is 2.63 bits per heavy atom. The van der Waals surface area contributed by atoms with Crippen LogP contribution >= 0.6 is 15.9 Å². The van der Waals surface area contributed by atoms with Crippen molar-refractivity contribution in [2.45, 2.75) is 36.6 Å². The van der Waals surface area contributed by atoms with Crippen molar-refractivity contribution in [3.05, 3.63) is 24.3 Å². The molecular weight excluding hydrogens is 335 g/mol. The summed E-state index contributed by atoms with van der Waals surface area (Å²) in [6.45, 7) is 0.392. The van der Waals surface area contributed by atoms with Crippen LogP contribution in [0.3, 0.4) is 0 Å². The van der Waals surface area contributed by atoms with Crippen molar-refractivity contribution in [2.24, 2.45) is 0 Å². The highest BCUT2D eigenvalue weighted by atomic mass is 79.9. The number of aromatic nitrogens is 1. The van der Waals surface area contributed by atoms with Crippen molar-refractivity contribution in [3.8, 4) is 0 Å². The van der Waals surface area contributed by atoms with E-state index in [-0.39, 0.29) is 10.9 Å². The van der Waals surface area contributed by atoms with Gasteiger partial charge in [-0.3, -0.25) is 4.98 Å². The van der Waals surface area contributed by atoms with Crippen molar-refractivity contribution < 1.29 is 12.8 Å². The second-order valence-corrected chi connectivity index (χ2v) is 7.27. The minimum atomic E-state index is -3.67. The maximum atomic E-state index is 13.2. The Bertz CT molecular complexity index is 532. The van der Waals surface area contributed by atoms with E-state index in [1.807, 2.05) is 0 Å². The molecule has 1 aromatic heterocycles. The molecule has 0 amide bonds. The summed E-state index contributed by atoms with van der Waals surface area (Å²) in [6.07, 6.45) is 6.03. The normalized spacial score (nSPS) is 17.2. The van der Waals surface area contributed by atoms with E-state index in [9.17, 15) is 12.8 Å². The van der Waals surface area contributed by atoms with Gasteiger partial charge in [-0.2, -0.15) is 4.31 Å². The zero-order chi connectivity index (χ0) is 13.9. The molecule has 106 valence electrons. The summed E-state index contributed by atoms with van der Waals surface area (Å²) in [5, 5.41) is 0.561. The molecule has 1 aromatic rings. The Hall–Kier alpha value is -0.530. The van der Waals surface area contributed by atoms with Crippen molar-refractivity contribution >= 4 is 26.0 Å². The van der Waals surface area contributed by atoms with E-state index in [1.54, 1.807) is 0 Å². The molecule has 1 saturated carbocycles. The Morgan fingerprint density at radius 1 is 1.37 bits per heavy atom. The van der Waals surface area contributed by atoms with Gasteiger partial charge in [-0.1, -0.05) is 28.8 Å². The van der Waals surface area contributed by atoms with Gasteiger partial charge in [-0.05, 0) is 18.9 Å². The van der Waals surface area contributed by atoms with Crippen LogP contribution in [-0.2, 0) is 10.0 Å². The summed E-state index contributed by atoms with van der Waals surface area (Å²) in [4.78, 5) is 3.56. The first-order valence-electron chi connectivity index (χ1n) is 6.24. The molecule has 1 fully saturated rings. The van der Waals surface area contributed by atoms with E-state index in [2.05, 4.69) is 20.9 Å². The number of rotatable bonds is 5. The molecule has 4 nitrogen and oxygen atoms in total. The number of pyridine rings is 1. The fourth-order valence-electron chi connectivity index (χ4n) is 2.44. The molecule has 0 aliphatic heterocycles. The second kappa shape index (κ2) is 6.28. The Morgan fingerprint density at radius 2 is 2.05 bits per heavy atom. The van der Waals surface area contributed by atoms with Gasteiger partial charge >= 0.3 is 0 Å². The molecule has 1 heterocycles. The molecule has 0 saturated heterocycles. The number of halogens is 2. The third kappa shape index (κ3) is 3.32. The van der Waals surface area contributed by atoms with Crippen LogP contribution < -0.4 is 0 Å². The van der Waals surface area contributed by atoms with E-state index < -0.39 is 15.8 Å². The highest BCUT2D eigenvalue weighted by molar-refractivity contribution is 9.09. The Kier molecular flexibility index (Phi) is 4.92. The minimum absolute atomic E-state index is 0.0193. The molecule has 0 spiro atoms. The largest absolute Gasteiger partial charge is 0.260 e. The smallest absolute Gasteiger partial charge is 0.244 e. The van der Waals surface area contributed by atoms with Crippen LogP contribution in [0.15, 0.2) is 23.4 Å². The van der Waals surface area contributed by atoms with Gasteiger partial charge in [0.15, 0.2) is 0 Å². The molecule has 0 unspecified atom stereocenters. The number of alkyl halides is 1. The lowest BCUT2D eigenvalue weighted by molar-refractivity contribution is 0.337. The van der Waals surface area contributed by atoms with Crippen LogP contribution in [-0.4, -0.2) is 35.6 Å². The van der Waals surface area contributed by atoms with E-state index in [4.69, 9.17) is 0 Å². The van der Waals surface area contributed by atoms with Crippen LogP contribution in [0.1, 0.15) is 25.7 Å². The summed E-state index contributed by atoms with van der Waals surface area (Å²) >= 11 is 3.28. The van der Waals surface area contributed by atoms with Gasteiger partial charge in [-0.15, -0.1) is 0 Å². The molecule has 1 aliphatic carbocycles. The minimum Gasteiger partial charge on any atom is -0.260 e. The average Bonchev–Trinajstić information content (AvgIpc) is 2.89. The standard InChI is InChI=1S/C12H16BrFN2O2S/c13-5-6-16(11-3-1-2-4-11)19(17,18)12-7-10(14)8-15-9-12/h7-9,11H,1-6H2. The third-order valence-electron chi connectivity index (χ3n) is 3.32. The van der Waals surface area contributed by atoms with E-state index in [0.29, 0.717) is 11.9 Å². The van der Waals surface area contributed by atoms with E-state index in [1.165, 1.54) is 10.5 Å². The first kappa shape index (κ1) is 14.9. The topological polar surface area (TPSA) is 50.3 Å². The van der Waals surface area contributed by atoms with E-state index >= 15 is 0 Å². The third-order valence-corrected chi connectivity index (χ3v) is 5.60. The van der Waals surface area contributed by atoms with Crippen molar-refractivity contribution in [3.63, 3.8) is 0 Å². The van der Waals surface area contributed by atoms with Gasteiger partial charge in [0.05, 0.1) is 6.20 Å². The quantitative estimate of drug-likeness (QED) is 0.766. The lowest BCUT2D eigenvalue weighted by atomic mass is 10.2. The number of nitrogens with zero attached hydrogens (tertiary/aromatic N) is 2. The number of hydrogen-bond acceptors (Lipinski definition) is 3. The molecule has 19 heavy (non-hydrogen) atoms. The van der Waals surface area contributed by atoms with Gasteiger partial charge in [0, 0.05) is 24.1 Å². The van der Waals surface area contributed by atoms with Gasteiger partial charge in [0.1, 0.15) is 10.7 Å². The molecular formula is C12H16BrFN2O2S. The number of hydrogen-bond donors (Lipinski definition) is 0. The first-order valence-corrected chi connectivity index (χ1v) is 8.80. The SMILES string of the molecule is O=S(=O)(c1cncc(F)c1)N(CCBr)C1CCCC1. The molecule has 7 heteroatoms. The zero-order valence-electron chi connectivity index (χ0n) is 10.4. The molecule has 0 atom stereocenters. The molecule has 0 radical (unpaired) electrons. The summed E-state index contributed by atoms with van der Waals surface area (Å²) in [5.41, 5.74) is 0. The lowest BCUT2D eigenvalue weighted by Crippen LogP contribution is -2.40. The van der Waals surface area contributed by atoms with Crippen LogP contribution in [0.2, 0.25) is 0 Å². The van der Waals surface area contributed by atoms with Crippen LogP contribution in [0.25, 0.3) is 0 Å². The molecule has 1 aliphatic rings. The Labute approximate surface area is 121 Å². The highest BCUT2D eigenvalue weighted by Gasteiger charge is 2.33. The molecule has 0 bridgehead atoms. The summed E-state index contributed by atoms with van der Waals surface area (Å²) < 4.78 is 39.8. The van der Waals surface area contributed by atoms with Crippen molar-refractivity contribution in [1.82, 2.24) is 9.29 Å². The summed E-state index contributed by atoms with van der Waals surface area (Å²) in [6, 6.07) is 1.05. The molecule has 0 N–H and O–H groups in total. The predicted molar refractivity (Wildman–Crippen MR) is 74.1 cm³/mol. The summed E-state index contributed by atoms with van der Waals surface area (Å²) in [5.74, 6) is -0.633. The van der Waals surface area contributed by atoms with Crippen molar-refractivity contribution in [1.29, 1.82) is 0 Å². The second-order valence-electron chi connectivity index (χ2n) is 4.58. The fourth-order valence-corrected chi connectivity index (χ4v) is 4.72. The van der Waals surface area contributed by atoms with Crippen LogP contribution in [0, 0.1) is 5.82 Å². The average molecular weight is 351 g/mol. The first-order chi connectivity index (χ1) is 9.05. The van der Waals surface area contributed by atoms with Crippen LogP contribution in [0.4, 0.5) is 4.39 Å². The molecule has 2 rings (SSSR count). The van der Waals surface area contributed by atoms with Gasteiger partial charge < -0.3 is 0 Å². The van der Waals surface area contributed by atoms with Gasteiger partial charge in [-0.25, -0.2) is 12.8 Å². The van der Waals surface area contributed by atoms with Gasteiger partial charge in [0.2, 0.25) is 10.0 Å².